The SMILES string of the molecule is C#CCN(CC)c1ccc(C)cc1C=O. The highest BCUT2D eigenvalue weighted by molar-refractivity contribution is 5.85. The number of anilines is 1. The largest absolute Gasteiger partial charge is 0.360 e. The second-order valence-corrected chi connectivity index (χ2v) is 3.40. The summed E-state index contributed by atoms with van der Waals surface area (Å²) in [5.74, 6) is 2.59. The van der Waals surface area contributed by atoms with Crippen LogP contribution in [0, 0.1) is 19.3 Å². The number of aryl methyl sites for hydroxylation is 1. The van der Waals surface area contributed by atoms with Crippen LogP contribution in [0.3, 0.4) is 0 Å². The number of aldehydes is 1. The highest BCUT2D eigenvalue weighted by Crippen LogP contribution is 2.19. The Hall–Kier alpha value is -1.75. The quantitative estimate of drug-likeness (QED) is 0.550. The van der Waals surface area contributed by atoms with Crippen molar-refractivity contribution in [3.63, 3.8) is 0 Å². The van der Waals surface area contributed by atoms with E-state index in [2.05, 4.69) is 5.92 Å². The van der Waals surface area contributed by atoms with E-state index < -0.39 is 0 Å². The Kier molecular flexibility index (Phi) is 3.93. The summed E-state index contributed by atoms with van der Waals surface area (Å²) in [7, 11) is 0. The van der Waals surface area contributed by atoms with Gasteiger partial charge >= 0.3 is 0 Å². The van der Waals surface area contributed by atoms with Crippen LogP contribution in [0.2, 0.25) is 0 Å². The van der Waals surface area contributed by atoms with Crippen LogP contribution in [0.4, 0.5) is 5.69 Å². The standard InChI is InChI=1S/C13H15NO/c1-4-8-14(5-2)13-7-6-11(3)9-12(13)10-15/h1,6-7,9-10H,5,8H2,2-3H3. The molecule has 0 fully saturated rings. The molecule has 0 heterocycles. The Balaban J connectivity index is 3.11. The molecule has 0 N–H and O–H groups in total. The number of carbonyl (C=O) groups is 1. The minimum Gasteiger partial charge on any atom is -0.360 e. The molecule has 0 unspecified atom stereocenters. The average Bonchev–Trinajstić information content (AvgIpc) is 2.26. The van der Waals surface area contributed by atoms with Gasteiger partial charge in [0.05, 0.1) is 6.54 Å². The maximum atomic E-state index is 10.9. The molecule has 2 nitrogen and oxygen atoms in total. The summed E-state index contributed by atoms with van der Waals surface area (Å²) >= 11 is 0. The van der Waals surface area contributed by atoms with E-state index >= 15 is 0 Å². The molecule has 0 spiro atoms. The highest BCUT2D eigenvalue weighted by Gasteiger charge is 2.07. The number of carbonyl (C=O) groups excluding carboxylic acids is 1. The van der Waals surface area contributed by atoms with Gasteiger partial charge in [-0.3, -0.25) is 4.79 Å². The molecule has 0 aromatic heterocycles. The van der Waals surface area contributed by atoms with Gasteiger partial charge in [0, 0.05) is 17.8 Å². The minimum atomic E-state index is 0.528. The molecule has 0 saturated carbocycles. The van der Waals surface area contributed by atoms with Crippen molar-refractivity contribution >= 4 is 12.0 Å². The number of benzene rings is 1. The number of terminal acetylenes is 1. The summed E-state index contributed by atoms with van der Waals surface area (Å²) in [6.07, 6.45) is 6.16. The molecule has 0 bridgehead atoms. The summed E-state index contributed by atoms with van der Waals surface area (Å²) in [5, 5.41) is 0. The summed E-state index contributed by atoms with van der Waals surface area (Å²) < 4.78 is 0. The first-order chi connectivity index (χ1) is 7.22. The lowest BCUT2D eigenvalue weighted by Crippen LogP contribution is -2.24. The van der Waals surface area contributed by atoms with Gasteiger partial charge in [-0.25, -0.2) is 0 Å². The molecule has 0 radical (unpaired) electrons. The van der Waals surface area contributed by atoms with Crippen molar-refractivity contribution in [1.29, 1.82) is 0 Å². The van der Waals surface area contributed by atoms with E-state index in [1.165, 1.54) is 0 Å². The van der Waals surface area contributed by atoms with Crippen LogP contribution < -0.4 is 4.90 Å². The minimum absolute atomic E-state index is 0.528. The second-order valence-electron chi connectivity index (χ2n) is 3.40. The van der Waals surface area contributed by atoms with Gasteiger partial charge in [-0.1, -0.05) is 17.6 Å². The van der Waals surface area contributed by atoms with Gasteiger partial charge in [0.25, 0.3) is 0 Å². The molecule has 0 aliphatic rings. The van der Waals surface area contributed by atoms with Crippen molar-refractivity contribution in [2.45, 2.75) is 13.8 Å². The number of rotatable bonds is 4. The van der Waals surface area contributed by atoms with Gasteiger partial charge < -0.3 is 4.90 Å². The van der Waals surface area contributed by atoms with Crippen LogP contribution in [0.1, 0.15) is 22.8 Å². The van der Waals surface area contributed by atoms with Crippen LogP contribution in [-0.4, -0.2) is 19.4 Å². The number of hydrogen-bond acceptors (Lipinski definition) is 2. The highest BCUT2D eigenvalue weighted by atomic mass is 16.1. The molecule has 0 amide bonds. The molecule has 0 saturated heterocycles. The van der Waals surface area contributed by atoms with Crippen molar-refractivity contribution < 1.29 is 4.79 Å². The topological polar surface area (TPSA) is 20.3 Å². The first kappa shape index (κ1) is 11.3. The Labute approximate surface area is 90.9 Å². The monoisotopic (exact) mass is 201 g/mol. The van der Waals surface area contributed by atoms with E-state index in [1.807, 2.05) is 36.9 Å². The predicted octanol–water partition coefficient (Wildman–Crippen LogP) is 2.27. The Morgan fingerprint density at radius 3 is 2.80 bits per heavy atom. The smallest absolute Gasteiger partial charge is 0.152 e. The predicted molar refractivity (Wildman–Crippen MR) is 63.3 cm³/mol. The molecule has 1 rings (SSSR count). The van der Waals surface area contributed by atoms with E-state index in [9.17, 15) is 4.79 Å². The van der Waals surface area contributed by atoms with Crippen molar-refractivity contribution in [3.05, 3.63) is 29.3 Å². The van der Waals surface area contributed by atoms with Gasteiger partial charge in [-0.05, 0) is 26.0 Å². The van der Waals surface area contributed by atoms with Crippen molar-refractivity contribution in [2.75, 3.05) is 18.0 Å². The van der Waals surface area contributed by atoms with E-state index in [0.717, 1.165) is 24.1 Å². The lowest BCUT2D eigenvalue weighted by atomic mass is 10.1. The Morgan fingerprint density at radius 2 is 2.27 bits per heavy atom. The summed E-state index contributed by atoms with van der Waals surface area (Å²) in [6.45, 7) is 5.31. The molecule has 0 aliphatic heterocycles. The van der Waals surface area contributed by atoms with Crippen molar-refractivity contribution in [3.8, 4) is 12.3 Å². The van der Waals surface area contributed by atoms with Crippen molar-refractivity contribution in [1.82, 2.24) is 0 Å². The van der Waals surface area contributed by atoms with Gasteiger partial charge in [-0.15, -0.1) is 6.42 Å². The van der Waals surface area contributed by atoms with E-state index in [1.54, 1.807) is 0 Å². The normalized spacial score (nSPS) is 9.40. The molecule has 1 aromatic rings. The molecular weight excluding hydrogens is 186 g/mol. The van der Waals surface area contributed by atoms with Gasteiger partial charge in [0.1, 0.15) is 0 Å². The molecule has 0 aliphatic carbocycles. The maximum absolute atomic E-state index is 10.9. The van der Waals surface area contributed by atoms with E-state index in [-0.39, 0.29) is 0 Å². The zero-order chi connectivity index (χ0) is 11.3. The van der Waals surface area contributed by atoms with Crippen molar-refractivity contribution in [2.24, 2.45) is 0 Å². The summed E-state index contributed by atoms with van der Waals surface area (Å²) in [6, 6.07) is 5.81. The second kappa shape index (κ2) is 5.21. The third-order valence-electron chi connectivity index (χ3n) is 2.31. The first-order valence-electron chi connectivity index (χ1n) is 4.97. The fraction of sp³-hybridized carbons (Fsp3) is 0.308. The molecule has 0 atom stereocenters. The molecule has 1 aromatic carbocycles. The van der Waals surface area contributed by atoms with Crippen LogP contribution in [0.15, 0.2) is 18.2 Å². The van der Waals surface area contributed by atoms with Crippen LogP contribution >= 0.6 is 0 Å². The van der Waals surface area contributed by atoms with E-state index in [4.69, 9.17) is 6.42 Å². The van der Waals surface area contributed by atoms with E-state index in [0.29, 0.717) is 12.1 Å². The maximum Gasteiger partial charge on any atom is 0.152 e. The van der Waals surface area contributed by atoms with Crippen LogP contribution in [-0.2, 0) is 0 Å². The van der Waals surface area contributed by atoms with Gasteiger partial charge in [-0.2, -0.15) is 0 Å². The average molecular weight is 201 g/mol. The number of nitrogens with zero attached hydrogens (tertiary/aromatic N) is 1. The van der Waals surface area contributed by atoms with Crippen LogP contribution in [0.25, 0.3) is 0 Å². The van der Waals surface area contributed by atoms with Crippen LogP contribution in [0.5, 0.6) is 0 Å². The fourth-order valence-corrected chi connectivity index (χ4v) is 1.53. The first-order valence-corrected chi connectivity index (χ1v) is 4.97. The fourth-order valence-electron chi connectivity index (χ4n) is 1.53. The summed E-state index contributed by atoms with van der Waals surface area (Å²) in [4.78, 5) is 12.9. The zero-order valence-electron chi connectivity index (χ0n) is 9.16. The molecule has 78 valence electrons. The lowest BCUT2D eigenvalue weighted by molar-refractivity contribution is 0.112. The molecule has 15 heavy (non-hydrogen) atoms. The molecule has 2 heteroatoms. The van der Waals surface area contributed by atoms with Gasteiger partial charge in [0.2, 0.25) is 0 Å². The molecular formula is C13H15NO. The van der Waals surface area contributed by atoms with Gasteiger partial charge in [0.15, 0.2) is 6.29 Å². The number of hydrogen-bond donors (Lipinski definition) is 0. The third kappa shape index (κ3) is 2.60. The zero-order valence-corrected chi connectivity index (χ0v) is 9.16. The third-order valence-corrected chi connectivity index (χ3v) is 2.31. The Morgan fingerprint density at radius 1 is 1.53 bits per heavy atom. The Bertz CT molecular complexity index is 390. The lowest BCUT2D eigenvalue weighted by Gasteiger charge is -2.22. The summed E-state index contributed by atoms with van der Waals surface area (Å²) in [5.41, 5.74) is 2.70.